The Kier molecular flexibility index (Phi) is 8.67. The minimum atomic E-state index is -4.60. The highest BCUT2D eigenvalue weighted by atomic mass is 19.4. The number of hydrogen-bond donors (Lipinski definition) is 4. The number of aliphatic hydroxyl groups is 2. The van der Waals surface area contributed by atoms with Crippen molar-refractivity contribution >= 4 is 11.7 Å². The second-order valence-electron chi connectivity index (χ2n) is 8.60. The second-order valence-corrected chi connectivity index (χ2v) is 8.60. The molecule has 0 bridgehead atoms. The van der Waals surface area contributed by atoms with E-state index in [0.717, 1.165) is 18.5 Å². The van der Waals surface area contributed by atoms with Gasteiger partial charge >= 0.3 is 12.4 Å². The number of alkyl halides is 6. The average Bonchev–Trinajstić information content (AvgIpc) is 3.23. The molecule has 0 fully saturated rings. The molecule has 0 spiro atoms. The third-order valence-corrected chi connectivity index (χ3v) is 5.74. The highest BCUT2D eigenvalue weighted by Gasteiger charge is 2.33. The smallest absolute Gasteiger partial charge is 0.394 e. The van der Waals surface area contributed by atoms with Gasteiger partial charge in [0.05, 0.1) is 43.0 Å². The molecule has 38 heavy (non-hydrogen) atoms. The van der Waals surface area contributed by atoms with Crippen molar-refractivity contribution < 1.29 is 41.4 Å². The van der Waals surface area contributed by atoms with Crippen molar-refractivity contribution in [2.45, 2.75) is 37.8 Å². The number of carbonyl (C=O) groups is 1. The van der Waals surface area contributed by atoms with Gasteiger partial charge in [0.15, 0.2) is 0 Å². The molecule has 1 unspecified atom stereocenters. The summed E-state index contributed by atoms with van der Waals surface area (Å²) in [6.07, 6.45) is -7.73. The van der Waals surface area contributed by atoms with Crippen LogP contribution in [0.15, 0.2) is 42.9 Å². The molecular formula is C24H25F6N5O3. The summed E-state index contributed by atoms with van der Waals surface area (Å²) in [5.74, 6) is -0.621. The van der Waals surface area contributed by atoms with Crippen LogP contribution in [0.5, 0.6) is 0 Å². The van der Waals surface area contributed by atoms with Gasteiger partial charge in [-0.1, -0.05) is 12.1 Å². The quantitative estimate of drug-likeness (QED) is 0.303. The van der Waals surface area contributed by atoms with Crippen LogP contribution in [0.25, 0.3) is 11.3 Å². The number of hydrogen-bond acceptors (Lipinski definition) is 6. The van der Waals surface area contributed by atoms with Crippen LogP contribution in [-0.4, -0.2) is 56.1 Å². The lowest BCUT2D eigenvalue weighted by atomic mass is 10.0. The van der Waals surface area contributed by atoms with Gasteiger partial charge in [0.2, 0.25) is 0 Å². The summed E-state index contributed by atoms with van der Waals surface area (Å²) < 4.78 is 79.0. The highest BCUT2D eigenvalue weighted by molar-refractivity contribution is 5.94. The zero-order chi connectivity index (χ0) is 28.3. The van der Waals surface area contributed by atoms with Crippen molar-refractivity contribution in [3.05, 3.63) is 65.2 Å². The molecule has 0 aliphatic heterocycles. The van der Waals surface area contributed by atoms with Crippen molar-refractivity contribution in [1.82, 2.24) is 19.9 Å². The topological polar surface area (TPSA) is 112 Å². The first-order valence-corrected chi connectivity index (χ1v) is 11.2. The van der Waals surface area contributed by atoms with Crippen molar-refractivity contribution in [1.29, 1.82) is 0 Å². The molecule has 3 rings (SSSR count). The monoisotopic (exact) mass is 545 g/mol. The van der Waals surface area contributed by atoms with Crippen molar-refractivity contribution in [2.75, 3.05) is 18.5 Å². The lowest BCUT2D eigenvalue weighted by Gasteiger charge is -2.20. The van der Waals surface area contributed by atoms with Crippen LogP contribution in [0.4, 0.5) is 32.2 Å². The third kappa shape index (κ3) is 7.01. The first-order valence-electron chi connectivity index (χ1n) is 11.2. The molecule has 0 aliphatic rings. The van der Waals surface area contributed by atoms with Gasteiger partial charge in [-0.15, -0.1) is 0 Å². The van der Waals surface area contributed by atoms with Crippen LogP contribution in [0.3, 0.4) is 0 Å². The number of aliphatic hydroxyl groups excluding tert-OH is 2. The van der Waals surface area contributed by atoms with Crippen LogP contribution in [-0.2, 0) is 13.2 Å². The largest absolute Gasteiger partial charge is 0.416 e. The van der Waals surface area contributed by atoms with Crippen molar-refractivity contribution in [2.24, 2.45) is 7.05 Å². The predicted molar refractivity (Wildman–Crippen MR) is 125 cm³/mol. The van der Waals surface area contributed by atoms with Gasteiger partial charge in [0.1, 0.15) is 17.8 Å². The Morgan fingerprint density at radius 2 is 1.79 bits per heavy atom. The van der Waals surface area contributed by atoms with E-state index in [9.17, 15) is 41.4 Å². The molecule has 2 heterocycles. The first-order chi connectivity index (χ1) is 17.7. The van der Waals surface area contributed by atoms with Crippen LogP contribution < -0.4 is 10.6 Å². The van der Waals surface area contributed by atoms with Crippen molar-refractivity contribution in [3.8, 4) is 11.3 Å². The zero-order valence-corrected chi connectivity index (χ0v) is 20.2. The summed E-state index contributed by atoms with van der Waals surface area (Å²) in [6, 6.07) is 3.23. The van der Waals surface area contributed by atoms with Gasteiger partial charge in [-0.25, -0.2) is 9.97 Å². The van der Waals surface area contributed by atoms with E-state index in [2.05, 4.69) is 20.6 Å². The van der Waals surface area contributed by atoms with Gasteiger partial charge in [0, 0.05) is 24.4 Å². The van der Waals surface area contributed by atoms with Gasteiger partial charge in [-0.2, -0.15) is 26.3 Å². The highest BCUT2D eigenvalue weighted by Crippen LogP contribution is 2.31. The van der Waals surface area contributed by atoms with E-state index in [0.29, 0.717) is 16.8 Å². The second kappa shape index (κ2) is 11.4. The molecule has 0 saturated heterocycles. The fraction of sp³-hybridized carbons (Fsp3) is 0.375. The minimum Gasteiger partial charge on any atom is -0.394 e. The Morgan fingerprint density at radius 3 is 2.39 bits per heavy atom. The molecule has 8 nitrogen and oxygen atoms in total. The zero-order valence-electron chi connectivity index (χ0n) is 20.2. The Morgan fingerprint density at radius 1 is 1.08 bits per heavy atom. The van der Waals surface area contributed by atoms with E-state index >= 15 is 0 Å². The van der Waals surface area contributed by atoms with Crippen LogP contribution in [0.2, 0.25) is 0 Å². The Hall–Kier alpha value is -3.65. The maximum absolute atomic E-state index is 13.1. The van der Waals surface area contributed by atoms with Crippen molar-refractivity contribution in [3.63, 3.8) is 0 Å². The Labute approximate surface area is 213 Å². The lowest BCUT2D eigenvalue weighted by Crippen LogP contribution is -2.32. The Bertz CT molecular complexity index is 1280. The molecular weight excluding hydrogens is 520 g/mol. The van der Waals surface area contributed by atoms with Crippen LogP contribution >= 0.6 is 0 Å². The number of anilines is 1. The molecule has 14 heteroatoms. The molecule has 1 amide bonds. The number of nitrogens with zero attached hydrogens (tertiary/aromatic N) is 3. The van der Waals surface area contributed by atoms with Gasteiger partial charge < -0.3 is 25.4 Å². The number of carbonyl (C=O) groups excluding carboxylic acids is 1. The number of amides is 1. The SMILES string of the molecule is Cc1c(NC(CO)CC(F)(F)F)ncnc1-c1cc(C(=O)N[C@H](CO)c2cccc(C(F)(F)F)c2)n(C)c1. The maximum atomic E-state index is 13.1. The maximum Gasteiger partial charge on any atom is 0.416 e. The summed E-state index contributed by atoms with van der Waals surface area (Å²) in [6.45, 7) is 0.113. The molecule has 206 valence electrons. The molecule has 2 atom stereocenters. The van der Waals surface area contributed by atoms with E-state index in [-0.39, 0.29) is 17.1 Å². The molecule has 3 aromatic rings. The first kappa shape index (κ1) is 28.9. The van der Waals surface area contributed by atoms with Gasteiger partial charge in [0.25, 0.3) is 5.91 Å². The third-order valence-electron chi connectivity index (χ3n) is 5.74. The number of halogens is 6. The van der Waals surface area contributed by atoms with Crippen LogP contribution in [0.1, 0.15) is 39.6 Å². The number of nitrogens with one attached hydrogen (secondary N) is 2. The molecule has 4 N–H and O–H groups in total. The number of aryl methyl sites for hydroxylation is 1. The normalized spacial score (nSPS) is 13.7. The molecule has 2 aromatic heterocycles. The minimum absolute atomic E-state index is 0.0600. The molecule has 0 aliphatic carbocycles. The molecule has 0 radical (unpaired) electrons. The van der Waals surface area contributed by atoms with E-state index in [1.54, 1.807) is 6.92 Å². The summed E-state index contributed by atoms with van der Waals surface area (Å²) in [5, 5.41) is 24.1. The summed E-state index contributed by atoms with van der Waals surface area (Å²) in [5.41, 5.74) is 0.302. The fourth-order valence-electron chi connectivity index (χ4n) is 3.84. The average molecular weight is 545 g/mol. The van der Waals surface area contributed by atoms with Gasteiger partial charge in [-0.05, 0) is 30.7 Å². The van der Waals surface area contributed by atoms with E-state index < -0.39 is 55.5 Å². The van der Waals surface area contributed by atoms with Gasteiger partial charge in [-0.3, -0.25) is 4.79 Å². The Balaban J connectivity index is 1.84. The van der Waals surface area contributed by atoms with Crippen LogP contribution in [0, 0.1) is 6.92 Å². The van der Waals surface area contributed by atoms with E-state index in [1.807, 2.05) is 0 Å². The fourth-order valence-corrected chi connectivity index (χ4v) is 3.84. The van der Waals surface area contributed by atoms with E-state index in [4.69, 9.17) is 0 Å². The predicted octanol–water partition coefficient (Wildman–Crippen LogP) is 4.00. The summed E-state index contributed by atoms with van der Waals surface area (Å²) >= 11 is 0. The standard InChI is InChI=1S/C24H25F6N5O3/c1-13-20(31-12-32-21(13)33-17(10-36)8-23(25,26)27)15-7-19(35(2)9-15)22(38)34-18(11-37)14-4-3-5-16(6-14)24(28,29)30/h3-7,9,12,17-18,36-37H,8,10-11H2,1-2H3,(H,34,38)(H,31,32,33)/t17?,18-/m1/s1. The molecule has 0 saturated carbocycles. The number of benzene rings is 1. The number of rotatable bonds is 9. The van der Waals surface area contributed by atoms with E-state index in [1.165, 1.54) is 36.0 Å². The lowest BCUT2D eigenvalue weighted by molar-refractivity contribution is -0.139. The summed E-state index contributed by atoms with van der Waals surface area (Å²) in [4.78, 5) is 21.1. The molecule has 1 aromatic carbocycles. The number of aromatic nitrogens is 3. The summed E-state index contributed by atoms with van der Waals surface area (Å²) in [7, 11) is 1.54.